The summed E-state index contributed by atoms with van der Waals surface area (Å²) in [6.45, 7) is 9.78. The van der Waals surface area contributed by atoms with E-state index in [1.54, 1.807) is 0 Å². The van der Waals surface area contributed by atoms with Gasteiger partial charge in [-0.05, 0) is 33.1 Å². The topological polar surface area (TPSA) is 49.2 Å². The fraction of sp³-hybridized carbons (Fsp3) is 0.600. The van der Waals surface area contributed by atoms with Crippen molar-refractivity contribution in [3.05, 3.63) is 30.2 Å². The maximum absolute atomic E-state index is 9.73. The molecule has 0 saturated carbocycles. The molecule has 1 fully saturated rings. The lowest BCUT2D eigenvalue weighted by molar-refractivity contribution is 0.108. The summed E-state index contributed by atoms with van der Waals surface area (Å²) < 4.78 is 0. The number of nitrogens with zero attached hydrogens (tertiary/aromatic N) is 3. The largest absolute Gasteiger partial charge is 0.396 e. The van der Waals surface area contributed by atoms with Gasteiger partial charge >= 0.3 is 0 Å². The van der Waals surface area contributed by atoms with Crippen molar-refractivity contribution in [3.8, 4) is 0 Å². The minimum absolute atomic E-state index is 0.0690. The van der Waals surface area contributed by atoms with Gasteiger partial charge in [-0.3, -0.25) is 4.98 Å². The van der Waals surface area contributed by atoms with Gasteiger partial charge in [-0.15, -0.1) is 6.58 Å². The maximum atomic E-state index is 9.73. The zero-order chi connectivity index (χ0) is 13.9. The first-order valence-electron chi connectivity index (χ1n) is 6.87. The molecule has 1 atom stereocenters. The van der Waals surface area contributed by atoms with Crippen LogP contribution < -0.4 is 4.90 Å². The number of hydrogen-bond donors (Lipinski definition) is 1. The zero-order valence-corrected chi connectivity index (χ0v) is 11.9. The highest BCUT2D eigenvalue weighted by molar-refractivity contribution is 5.38. The fourth-order valence-electron chi connectivity index (χ4n) is 2.75. The molecule has 2 rings (SSSR count). The number of rotatable bonds is 4. The van der Waals surface area contributed by atoms with E-state index < -0.39 is 0 Å². The van der Waals surface area contributed by atoms with Crippen LogP contribution in [-0.4, -0.2) is 34.8 Å². The molecule has 0 spiro atoms. The van der Waals surface area contributed by atoms with Crippen molar-refractivity contribution >= 4 is 5.82 Å². The molecular weight excluding hydrogens is 238 g/mol. The van der Waals surface area contributed by atoms with Crippen LogP contribution in [0.1, 0.15) is 30.7 Å². The van der Waals surface area contributed by atoms with E-state index in [1.807, 2.05) is 26.1 Å². The van der Waals surface area contributed by atoms with Crippen molar-refractivity contribution in [2.24, 2.45) is 5.41 Å². The molecule has 1 unspecified atom stereocenters. The van der Waals surface area contributed by atoms with Crippen LogP contribution in [0.5, 0.6) is 0 Å². The van der Waals surface area contributed by atoms with E-state index in [9.17, 15) is 5.11 Å². The molecule has 104 valence electrons. The molecule has 0 aromatic carbocycles. The van der Waals surface area contributed by atoms with E-state index in [2.05, 4.69) is 21.4 Å². The molecule has 4 nitrogen and oxygen atoms in total. The van der Waals surface area contributed by atoms with Crippen LogP contribution in [-0.2, 0) is 0 Å². The van der Waals surface area contributed by atoms with Crippen LogP contribution in [0.2, 0.25) is 0 Å². The van der Waals surface area contributed by atoms with Crippen molar-refractivity contribution in [2.45, 2.75) is 33.1 Å². The summed E-state index contributed by atoms with van der Waals surface area (Å²) in [5.74, 6) is 0.921. The van der Waals surface area contributed by atoms with Gasteiger partial charge in [-0.2, -0.15) is 0 Å². The standard InChI is InChI=1S/C15H23N3O/c1-4-6-15(11-19)7-5-8-18(10-15)14-9-16-12(2)13(3)17-14/h4,9,19H,1,5-8,10-11H2,2-3H3. The predicted octanol–water partition coefficient (Wildman–Crippen LogP) is 2.25. The highest BCUT2D eigenvalue weighted by Gasteiger charge is 2.34. The van der Waals surface area contributed by atoms with E-state index in [1.165, 1.54) is 0 Å². The molecule has 4 heteroatoms. The normalized spacial score (nSPS) is 23.4. The minimum atomic E-state index is -0.0690. The Kier molecular flexibility index (Phi) is 4.20. The van der Waals surface area contributed by atoms with Crippen LogP contribution in [0, 0.1) is 19.3 Å². The summed E-state index contributed by atoms with van der Waals surface area (Å²) in [5, 5.41) is 9.73. The monoisotopic (exact) mass is 261 g/mol. The van der Waals surface area contributed by atoms with Gasteiger partial charge in [-0.25, -0.2) is 4.98 Å². The summed E-state index contributed by atoms with van der Waals surface area (Å²) in [6, 6.07) is 0. The number of hydrogen-bond acceptors (Lipinski definition) is 4. The molecule has 2 heterocycles. The van der Waals surface area contributed by atoms with Gasteiger partial charge in [0.1, 0.15) is 5.82 Å². The Hall–Kier alpha value is -1.42. The first-order valence-corrected chi connectivity index (χ1v) is 6.87. The molecule has 1 aromatic rings. The van der Waals surface area contributed by atoms with Gasteiger partial charge in [-0.1, -0.05) is 6.08 Å². The molecule has 0 amide bonds. The van der Waals surface area contributed by atoms with Gasteiger partial charge < -0.3 is 10.0 Å². The number of aryl methyl sites for hydroxylation is 2. The van der Waals surface area contributed by atoms with Gasteiger partial charge in [0.05, 0.1) is 24.2 Å². The fourth-order valence-corrected chi connectivity index (χ4v) is 2.75. The molecule has 1 N–H and O–H groups in total. The quantitative estimate of drug-likeness (QED) is 0.845. The number of anilines is 1. The number of piperidine rings is 1. The Morgan fingerprint density at radius 1 is 1.47 bits per heavy atom. The second-order valence-electron chi connectivity index (χ2n) is 5.58. The van der Waals surface area contributed by atoms with Crippen molar-refractivity contribution in [1.29, 1.82) is 0 Å². The second-order valence-corrected chi connectivity index (χ2v) is 5.58. The SMILES string of the molecule is C=CCC1(CO)CCCN(c2cnc(C)c(C)n2)C1. The number of aliphatic hydroxyl groups is 1. The smallest absolute Gasteiger partial charge is 0.147 e. The first-order chi connectivity index (χ1) is 9.10. The third-order valence-electron chi connectivity index (χ3n) is 4.08. The Morgan fingerprint density at radius 3 is 2.89 bits per heavy atom. The highest BCUT2D eigenvalue weighted by Crippen LogP contribution is 2.34. The van der Waals surface area contributed by atoms with Crippen LogP contribution >= 0.6 is 0 Å². The highest BCUT2D eigenvalue weighted by atomic mass is 16.3. The minimum Gasteiger partial charge on any atom is -0.396 e. The van der Waals surface area contributed by atoms with Crippen molar-refractivity contribution in [2.75, 3.05) is 24.6 Å². The molecule has 1 saturated heterocycles. The summed E-state index contributed by atoms with van der Waals surface area (Å²) in [6.07, 6.45) is 6.71. The first kappa shape index (κ1) is 14.0. The molecule has 1 aliphatic heterocycles. The van der Waals surface area contributed by atoms with Crippen molar-refractivity contribution in [1.82, 2.24) is 9.97 Å². The number of allylic oxidation sites excluding steroid dienone is 1. The molecule has 1 aromatic heterocycles. The summed E-state index contributed by atoms with van der Waals surface area (Å²) >= 11 is 0. The Labute approximate surface area is 115 Å². The maximum Gasteiger partial charge on any atom is 0.147 e. The lowest BCUT2D eigenvalue weighted by atomic mass is 9.78. The number of aliphatic hydroxyl groups excluding tert-OH is 1. The number of aromatic nitrogens is 2. The van der Waals surface area contributed by atoms with Crippen LogP contribution in [0.25, 0.3) is 0 Å². The molecule has 0 aliphatic carbocycles. The molecule has 1 aliphatic rings. The third kappa shape index (κ3) is 2.95. The van der Waals surface area contributed by atoms with E-state index in [0.717, 1.165) is 49.6 Å². The second kappa shape index (κ2) is 5.70. The zero-order valence-electron chi connectivity index (χ0n) is 11.9. The van der Waals surface area contributed by atoms with E-state index in [4.69, 9.17) is 0 Å². The van der Waals surface area contributed by atoms with E-state index in [-0.39, 0.29) is 12.0 Å². The van der Waals surface area contributed by atoms with E-state index in [0.29, 0.717) is 0 Å². The molecule has 19 heavy (non-hydrogen) atoms. The molecule has 0 radical (unpaired) electrons. The molecular formula is C15H23N3O. The third-order valence-corrected chi connectivity index (χ3v) is 4.08. The van der Waals surface area contributed by atoms with Gasteiger partial charge in [0.15, 0.2) is 0 Å². The van der Waals surface area contributed by atoms with Crippen molar-refractivity contribution in [3.63, 3.8) is 0 Å². The Balaban J connectivity index is 2.20. The lowest BCUT2D eigenvalue weighted by Gasteiger charge is -2.42. The van der Waals surface area contributed by atoms with Crippen LogP contribution in [0.15, 0.2) is 18.9 Å². The predicted molar refractivity (Wildman–Crippen MR) is 77.3 cm³/mol. The van der Waals surface area contributed by atoms with Gasteiger partial charge in [0.2, 0.25) is 0 Å². The summed E-state index contributed by atoms with van der Waals surface area (Å²) in [4.78, 5) is 11.2. The van der Waals surface area contributed by atoms with Crippen LogP contribution in [0.4, 0.5) is 5.82 Å². The average molecular weight is 261 g/mol. The lowest BCUT2D eigenvalue weighted by Crippen LogP contribution is -2.45. The van der Waals surface area contributed by atoms with Gasteiger partial charge in [0.25, 0.3) is 0 Å². The van der Waals surface area contributed by atoms with Gasteiger partial charge in [0, 0.05) is 18.5 Å². The molecule has 0 bridgehead atoms. The van der Waals surface area contributed by atoms with Crippen LogP contribution in [0.3, 0.4) is 0 Å². The Bertz CT molecular complexity index is 461. The van der Waals surface area contributed by atoms with E-state index >= 15 is 0 Å². The summed E-state index contributed by atoms with van der Waals surface area (Å²) in [5.41, 5.74) is 1.88. The Morgan fingerprint density at radius 2 is 2.26 bits per heavy atom. The van der Waals surface area contributed by atoms with Crippen molar-refractivity contribution < 1.29 is 5.11 Å². The average Bonchev–Trinajstić information content (AvgIpc) is 2.42. The summed E-state index contributed by atoms with van der Waals surface area (Å²) in [7, 11) is 0.